The fraction of sp³-hybridized carbons (Fsp3) is 0.235. The van der Waals surface area contributed by atoms with Gasteiger partial charge in [0, 0.05) is 18.1 Å². The highest BCUT2D eigenvalue weighted by Gasteiger charge is 2.32. The molecule has 0 saturated carbocycles. The van der Waals surface area contributed by atoms with Crippen LogP contribution in [-0.4, -0.2) is 25.0 Å². The number of carbonyl (C=O) groups is 1. The van der Waals surface area contributed by atoms with Gasteiger partial charge in [-0.1, -0.05) is 29.8 Å². The summed E-state index contributed by atoms with van der Waals surface area (Å²) < 4.78 is 10.6. The standard InChI is InChI=1S/C17H16ClNO3/c1-21-14-7-6-12-10-19(17(20)15(12)16(14)22-2)9-11-4-3-5-13(18)8-11/h3-8H,9-10H2,1-2H3. The van der Waals surface area contributed by atoms with Gasteiger partial charge in [0.15, 0.2) is 11.5 Å². The first-order chi connectivity index (χ1) is 10.6. The van der Waals surface area contributed by atoms with Crippen LogP contribution in [0.2, 0.25) is 5.02 Å². The van der Waals surface area contributed by atoms with Crippen molar-refractivity contribution >= 4 is 17.5 Å². The molecule has 2 aromatic rings. The topological polar surface area (TPSA) is 38.8 Å². The molecule has 2 aromatic carbocycles. The summed E-state index contributed by atoms with van der Waals surface area (Å²) in [4.78, 5) is 14.5. The molecule has 0 N–H and O–H groups in total. The summed E-state index contributed by atoms with van der Waals surface area (Å²) in [5.74, 6) is 1.02. The van der Waals surface area contributed by atoms with E-state index in [1.165, 1.54) is 0 Å². The van der Waals surface area contributed by atoms with Crippen LogP contribution in [0.1, 0.15) is 21.5 Å². The summed E-state index contributed by atoms with van der Waals surface area (Å²) >= 11 is 6.00. The van der Waals surface area contributed by atoms with Crippen molar-refractivity contribution in [2.75, 3.05) is 14.2 Å². The monoisotopic (exact) mass is 317 g/mol. The van der Waals surface area contributed by atoms with Crippen molar-refractivity contribution in [1.29, 1.82) is 0 Å². The van der Waals surface area contributed by atoms with E-state index in [9.17, 15) is 4.79 Å². The fourth-order valence-corrected chi connectivity index (χ4v) is 2.97. The van der Waals surface area contributed by atoms with Gasteiger partial charge in [0.1, 0.15) is 0 Å². The largest absolute Gasteiger partial charge is 0.493 e. The van der Waals surface area contributed by atoms with E-state index >= 15 is 0 Å². The van der Waals surface area contributed by atoms with Gasteiger partial charge >= 0.3 is 0 Å². The van der Waals surface area contributed by atoms with E-state index in [2.05, 4.69) is 0 Å². The van der Waals surface area contributed by atoms with Crippen molar-refractivity contribution in [2.24, 2.45) is 0 Å². The van der Waals surface area contributed by atoms with Gasteiger partial charge in [0.05, 0.1) is 19.8 Å². The lowest BCUT2D eigenvalue weighted by Gasteiger charge is -2.16. The molecule has 0 fully saturated rings. The van der Waals surface area contributed by atoms with E-state index in [-0.39, 0.29) is 5.91 Å². The smallest absolute Gasteiger partial charge is 0.258 e. The van der Waals surface area contributed by atoms with Gasteiger partial charge in [-0.2, -0.15) is 0 Å². The van der Waals surface area contributed by atoms with Crippen LogP contribution < -0.4 is 9.47 Å². The Hall–Kier alpha value is -2.20. The summed E-state index contributed by atoms with van der Waals surface area (Å²) in [7, 11) is 3.11. The Kier molecular flexibility index (Phi) is 3.94. The third kappa shape index (κ3) is 2.50. The van der Waals surface area contributed by atoms with Gasteiger partial charge in [0.25, 0.3) is 5.91 Å². The first kappa shape index (κ1) is 14.7. The van der Waals surface area contributed by atoms with Gasteiger partial charge in [-0.3, -0.25) is 4.79 Å². The number of amides is 1. The molecule has 22 heavy (non-hydrogen) atoms. The average Bonchev–Trinajstić information content (AvgIpc) is 2.83. The number of ether oxygens (including phenoxy) is 2. The quantitative estimate of drug-likeness (QED) is 0.866. The van der Waals surface area contributed by atoms with Gasteiger partial charge in [-0.05, 0) is 29.3 Å². The number of hydrogen-bond donors (Lipinski definition) is 0. The Labute approximate surface area is 134 Å². The maximum absolute atomic E-state index is 12.7. The van der Waals surface area contributed by atoms with Crippen molar-refractivity contribution in [3.8, 4) is 11.5 Å². The van der Waals surface area contributed by atoms with E-state index in [0.717, 1.165) is 11.1 Å². The molecule has 4 nitrogen and oxygen atoms in total. The van der Waals surface area contributed by atoms with Crippen LogP contribution in [0.25, 0.3) is 0 Å². The zero-order chi connectivity index (χ0) is 15.7. The zero-order valence-electron chi connectivity index (χ0n) is 12.4. The number of carbonyl (C=O) groups excluding carboxylic acids is 1. The SMILES string of the molecule is COc1ccc2c(c1OC)C(=O)N(Cc1cccc(Cl)c1)C2. The lowest BCUT2D eigenvalue weighted by molar-refractivity contribution is 0.0764. The van der Waals surface area contributed by atoms with Crippen molar-refractivity contribution in [3.05, 3.63) is 58.1 Å². The first-order valence-electron chi connectivity index (χ1n) is 6.91. The summed E-state index contributed by atoms with van der Waals surface area (Å²) in [6.07, 6.45) is 0. The van der Waals surface area contributed by atoms with Gasteiger partial charge < -0.3 is 14.4 Å². The molecule has 0 bridgehead atoms. The number of nitrogens with zero attached hydrogens (tertiary/aromatic N) is 1. The maximum Gasteiger partial charge on any atom is 0.258 e. The molecule has 0 aliphatic carbocycles. The Balaban J connectivity index is 1.91. The van der Waals surface area contributed by atoms with Crippen LogP contribution in [0.5, 0.6) is 11.5 Å². The minimum Gasteiger partial charge on any atom is -0.493 e. The lowest BCUT2D eigenvalue weighted by atomic mass is 10.1. The highest BCUT2D eigenvalue weighted by Crippen LogP contribution is 2.38. The Morgan fingerprint density at radius 1 is 1.18 bits per heavy atom. The molecule has 1 heterocycles. The number of fused-ring (bicyclic) bond motifs is 1. The summed E-state index contributed by atoms with van der Waals surface area (Å²) in [6.45, 7) is 1.07. The number of hydrogen-bond acceptors (Lipinski definition) is 3. The third-order valence-corrected chi connectivity index (χ3v) is 3.99. The number of methoxy groups -OCH3 is 2. The zero-order valence-corrected chi connectivity index (χ0v) is 13.2. The first-order valence-corrected chi connectivity index (χ1v) is 7.29. The molecule has 3 rings (SSSR count). The normalized spacial score (nSPS) is 13.2. The second kappa shape index (κ2) is 5.89. The molecule has 0 atom stereocenters. The molecule has 1 aliphatic rings. The van der Waals surface area contributed by atoms with Crippen molar-refractivity contribution in [2.45, 2.75) is 13.1 Å². The predicted octanol–water partition coefficient (Wildman–Crippen LogP) is 3.51. The third-order valence-electron chi connectivity index (χ3n) is 3.76. The minimum absolute atomic E-state index is 0.0503. The van der Waals surface area contributed by atoms with Crippen LogP contribution >= 0.6 is 11.6 Å². The molecule has 5 heteroatoms. The molecular formula is C17H16ClNO3. The second-order valence-corrected chi connectivity index (χ2v) is 5.56. The van der Waals surface area contributed by atoms with E-state index in [0.29, 0.717) is 35.2 Å². The lowest BCUT2D eigenvalue weighted by Crippen LogP contribution is -2.23. The van der Waals surface area contributed by atoms with Crippen molar-refractivity contribution < 1.29 is 14.3 Å². The summed E-state index contributed by atoms with van der Waals surface area (Å²) in [5, 5.41) is 0.668. The van der Waals surface area contributed by atoms with Crippen LogP contribution in [-0.2, 0) is 13.1 Å². The predicted molar refractivity (Wildman–Crippen MR) is 84.6 cm³/mol. The molecule has 0 aromatic heterocycles. The average molecular weight is 318 g/mol. The highest BCUT2D eigenvalue weighted by atomic mass is 35.5. The molecule has 0 saturated heterocycles. The van der Waals surface area contributed by atoms with Crippen molar-refractivity contribution in [1.82, 2.24) is 4.90 Å². The van der Waals surface area contributed by atoms with Crippen LogP contribution in [0.15, 0.2) is 36.4 Å². The highest BCUT2D eigenvalue weighted by molar-refractivity contribution is 6.30. The Morgan fingerprint density at radius 3 is 2.68 bits per heavy atom. The molecule has 0 radical (unpaired) electrons. The minimum atomic E-state index is -0.0503. The number of halogens is 1. The fourth-order valence-electron chi connectivity index (χ4n) is 2.75. The Bertz CT molecular complexity index is 730. The van der Waals surface area contributed by atoms with E-state index in [4.69, 9.17) is 21.1 Å². The van der Waals surface area contributed by atoms with Crippen molar-refractivity contribution in [3.63, 3.8) is 0 Å². The molecule has 0 unspecified atom stereocenters. The van der Waals surface area contributed by atoms with Gasteiger partial charge in [0.2, 0.25) is 0 Å². The molecule has 114 valence electrons. The second-order valence-electron chi connectivity index (χ2n) is 5.13. The molecule has 0 spiro atoms. The van der Waals surface area contributed by atoms with E-state index in [1.807, 2.05) is 36.4 Å². The number of rotatable bonds is 4. The molecule has 1 amide bonds. The van der Waals surface area contributed by atoms with Crippen LogP contribution in [0, 0.1) is 0 Å². The molecule has 1 aliphatic heterocycles. The Morgan fingerprint density at radius 2 is 2.00 bits per heavy atom. The van der Waals surface area contributed by atoms with E-state index in [1.54, 1.807) is 19.1 Å². The summed E-state index contributed by atoms with van der Waals surface area (Å²) in [6, 6.07) is 11.3. The maximum atomic E-state index is 12.7. The summed E-state index contributed by atoms with van der Waals surface area (Å²) in [5.41, 5.74) is 2.54. The van der Waals surface area contributed by atoms with Gasteiger partial charge in [-0.15, -0.1) is 0 Å². The molecular weight excluding hydrogens is 302 g/mol. The van der Waals surface area contributed by atoms with Crippen LogP contribution in [0.3, 0.4) is 0 Å². The van der Waals surface area contributed by atoms with E-state index < -0.39 is 0 Å². The van der Waals surface area contributed by atoms with Gasteiger partial charge in [-0.25, -0.2) is 0 Å². The van der Waals surface area contributed by atoms with Crippen LogP contribution in [0.4, 0.5) is 0 Å². The number of benzene rings is 2.